The van der Waals surface area contributed by atoms with Crippen LogP contribution in [-0.2, 0) is 11.2 Å². The first-order valence-corrected chi connectivity index (χ1v) is 12.3. The van der Waals surface area contributed by atoms with E-state index in [0.29, 0.717) is 43.1 Å². The predicted molar refractivity (Wildman–Crippen MR) is 125 cm³/mol. The van der Waals surface area contributed by atoms with Crippen LogP contribution in [0.4, 0.5) is 5.13 Å². The second-order valence-corrected chi connectivity index (χ2v) is 9.64. The van der Waals surface area contributed by atoms with Crippen LogP contribution in [0.25, 0.3) is 11.0 Å². The number of rotatable bonds is 5. The van der Waals surface area contributed by atoms with E-state index in [1.807, 2.05) is 29.2 Å². The van der Waals surface area contributed by atoms with Gasteiger partial charge >= 0.3 is 0 Å². The van der Waals surface area contributed by atoms with Crippen LogP contribution in [0.3, 0.4) is 0 Å². The molecule has 1 aliphatic heterocycles. The van der Waals surface area contributed by atoms with Crippen molar-refractivity contribution in [2.75, 3.05) is 31.1 Å². The van der Waals surface area contributed by atoms with Crippen molar-refractivity contribution >= 4 is 33.4 Å². The van der Waals surface area contributed by atoms with Crippen LogP contribution in [0, 0.1) is 0 Å². The molecule has 1 amide bonds. The Kier molecular flexibility index (Phi) is 6.16. The fourth-order valence-electron chi connectivity index (χ4n) is 4.64. The van der Waals surface area contributed by atoms with Crippen molar-refractivity contribution in [3.05, 3.63) is 45.3 Å². The molecule has 0 atom stereocenters. The minimum Gasteiger partial charge on any atom is -0.343 e. The highest BCUT2D eigenvalue weighted by atomic mass is 32.1. The third-order valence-electron chi connectivity index (χ3n) is 6.53. The standard InChI is InChI=1S/C23H28N6O2S/c30-20(11-10-19-21(31)25-18-9-5-4-8-17(18)24-19)28-12-14-29(15-13-28)23-27-26-22(32-23)16-6-2-1-3-7-16/h4-5,8-9,16H,1-3,6-7,10-15H2,(H,25,31). The Labute approximate surface area is 190 Å². The van der Waals surface area contributed by atoms with Crippen molar-refractivity contribution in [2.24, 2.45) is 0 Å². The second-order valence-electron chi connectivity index (χ2n) is 8.66. The highest BCUT2D eigenvalue weighted by Crippen LogP contribution is 2.36. The molecule has 0 radical (unpaired) electrons. The number of nitrogens with one attached hydrogen (secondary N) is 1. The van der Waals surface area contributed by atoms with Gasteiger partial charge in [-0.25, -0.2) is 4.98 Å². The molecule has 2 fully saturated rings. The summed E-state index contributed by atoms with van der Waals surface area (Å²) >= 11 is 1.72. The first kappa shape index (κ1) is 21.1. The number of piperazine rings is 1. The second kappa shape index (κ2) is 9.36. The van der Waals surface area contributed by atoms with Crippen molar-refractivity contribution in [3.8, 4) is 0 Å². The molecular formula is C23H28N6O2S. The van der Waals surface area contributed by atoms with Gasteiger partial charge in [0.05, 0.1) is 11.0 Å². The summed E-state index contributed by atoms with van der Waals surface area (Å²) in [6, 6.07) is 7.44. The van der Waals surface area contributed by atoms with Gasteiger partial charge in [-0.15, -0.1) is 10.2 Å². The number of aryl methyl sites for hydroxylation is 1. The van der Waals surface area contributed by atoms with Gasteiger partial charge < -0.3 is 14.8 Å². The molecule has 2 aromatic heterocycles. The quantitative estimate of drug-likeness (QED) is 0.639. The minimum absolute atomic E-state index is 0.0687. The number of fused-ring (bicyclic) bond motifs is 1. The SMILES string of the molecule is O=C(CCc1nc2ccccc2[nH]c1=O)N1CCN(c2nnc(C3CCCCC3)s2)CC1. The van der Waals surface area contributed by atoms with E-state index in [2.05, 4.69) is 25.1 Å². The largest absolute Gasteiger partial charge is 0.343 e. The first-order chi connectivity index (χ1) is 15.7. The molecule has 2 aliphatic rings. The maximum atomic E-state index is 12.7. The molecule has 1 aliphatic carbocycles. The van der Waals surface area contributed by atoms with Crippen molar-refractivity contribution in [3.63, 3.8) is 0 Å². The summed E-state index contributed by atoms with van der Waals surface area (Å²) in [5.74, 6) is 0.643. The van der Waals surface area contributed by atoms with Crippen molar-refractivity contribution in [1.29, 1.82) is 0 Å². The summed E-state index contributed by atoms with van der Waals surface area (Å²) in [5, 5.41) is 11.1. The lowest BCUT2D eigenvalue weighted by atomic mass is 9.90. The summed E-state index contributed by atoms with van der Waals surface area (Å²) in [7, 11) is 0. The van der Waals surface area contributed by atoms with Crippen LogP contribution in [-0.4, -0.2) is 57.2 Å². The predicted octanol–water partition coefficient (Wildman–Crippen LogP) is 3.10. The molecule has 1 saturated heterocycles. The Bertz CT molecular complexity index is 1140. The van der Waals surface area contributed by atoms with Gasteiger partial charge in [-0.2, -0.15) is 0 Å². The topological polar surface area (TPSA) is 95.1 Å². The Balaban J connectivity index is 1.14. The number of carbonyl (C=O) groups excluding carboxylic acids is 1. The van der Waals surface area contributed by atoms with Gasteiger partial charge in [0.2, 0.25) is 11.0 Å². The van der Waals surface area contributed by atoms with E-state index in [4.69, 9.17) is 0 Å². The van der Waals surface area contributed by atoms with Crippen LogP contribution in [0.15, 0.2) is 29.1 Å². The summed E-state index contributed by atoms with van der Waals surface area (Å²) in [4.78, 5) is 36.4. The third-order valence-corrected chi connectivity index (χ3v) is 7.68. The maximum Gasteiger partial charge on any atom is 0.270 e. The number of anilines is 1. The molecule has 9 heteroatoms. The van der Waals surface area contributed by atoms with Crippen LogP contribution in [0.2, 0.25) is 0 Å². The fourth-order valence-corrected chi connectivity index (χ4v) is 5.70. The number of nitrogens with zero attached hydrogens (tertiary/aromatic N) is 5. The van der Waals surface area contributed by atoms with Gasteiger partial charge in [-0.3, -0.25) is 9.59 Å². The van der Waals surface area contributed by atoms with Gasteiger partial charge in [-0.05, 0) is 25.0 Å². The number of hydrogen-bond acceptors (Lipinski definition) is 7. The van der Waals surface area contributed by atoms with E-state index in [1.54, 1.807) is 11.3 Å². The Morgan fingerprint density at radius 1 is 1.06 bits per heavy atom. The number of amides is 1. The van der Waals surface area contributed by atoms with Crippen LogP contribution in [0.5, 0.6) is 0 Å². The van der Waals surface area contributed by atoms with Crippen molar-refractivity contribution in [2.45, 2.75) is 50.9 Å². The van der Waals surface area contributed by atoms with Gasteiger partial charge in [0.15, 0.2) is 0 Å². The lowest BCUT2D eigenvalue weighted by Crippen LogP contribution is -2.48. The zero-order chi connectivity index (χ0) is 21.9. The smallest absolute Gasteiger partial charge is 0.270 e. The number of aromatic amines is 1. The molecule has 3 heterocycles. The molecule has 32 heavy (non-hydrogen) atoms. The summed E-state index contributed by atoms with van der Waals surface area (Å²) < 4.78 is 0. The molecule has 1 saturated carbocycles. The van der Waals surface area contributed by atoms with Gasteiger partial charge in [-0.1, -0.05) is 42.7 Å². The first-order valence-electron chi connectivity index (χ1n) is 11.5. The molecule has 8 nitrogen and oxygen atoms in total. The van der Waals surface area contributed by atoms with Gasteiger partial charge in [0.25, 0.3) is 5.56 Å². The lowest BCUT2D eigenvalue weighted by molar-refractivity contribution is -0.131. The van der Waals surface area contributed by atoms with E-state index < -0.39 is 0 Å². The molecule has 3 aromatic rings. The molecule has 0 unspecified atom stereocenters. The lowest BCUT2D eigenvalue weighted by Gasteiger charge is -2.34. The normalized spacial score (nSPS) is 17.8. The monoisotopic (exact) mass is 452 g/mol. The molecule has 5 rings (SSSR count). The molecule has 0 spiro atoms. The zero-order valence-corrected chi connectivity index (χ0v) is 18.9. The summed E-state index contributed by atoms with van der Waals surface area (Å²) in [6.07, 6.45) is 7.02. The minimum atomic E-state index is -0.216. The molecule has 1 aromatic carbocycles. The van der Waals surface area contributed by atoms with Crippen molar-refractivity contribution < 1.29 is 4.79 Å². The highest BCUT2D eigenvalue weighted by Gasteiger charge is 2.25. The average molecular weight is 453 g/mol. The van der Waals surface area contributed by atoms with E-state index >= 15 is 0 Å². The van der Waals surface area contributed by atoms with Crippen LogP contribution >= 0.6 is 11.3 Å². The molecule has 1 N–H and O–H groups in total. The number of benzene rings is 1. The zero-order valence-electron chi connectivity index (χ0n) is 18.1. The average Bonchev–Trinajstić information content (AvgIpc) is 3.34. The van der Waals surface area contributed by atoms with Gasteiger partial charge in [0.1, 0.15) is 10.7 Å². The number of H-pyrrole nitrogens is 1. The maximum absolute atomic E-state index is 12.7. The van der Waals surface area contributed by atoms with Crippen LogP contribution in [0.1, 0.15) is 55.1 Å². The number of para-hydroxylation sites is 2. The van der Waals surface area contributed by atoms with E-state index in [-0.39, 0.29) is 11.5 Å². The summed E-state index contributed by atoms with van der Waals surface area (Å²) in [5.41, 5.74) is 1.66. The Hall–Kier alpha value is -2.81. The molecule has 0 bridgehead atoms. The number of hydrogen-bond donors (Lipinski definition) is 1. The highest BCUT2D eigenvalue weighted by molar-refractivity contribution is 7.15. The number of aromatic nitrogens is 4. The number of carbonyl (C=O) groups is 1. The Morgan fingerprint density at radius 3 is 2.66 bits per heavy atom. The Morgan fingerprint density at radius 2 is 1.84 bits per heavy atom. The fraction of sp³-hybridized carbons (Fsp3) is 0.522. The van der Waals surface area contributed by atoms with Crippen molar-refractivity contribution in [1.82, 2.24) is 25.1 Å². The van der Waals surface area contributed by atoms with Crippen LogP contribution < -0.4 is 10.5 Å². The van der Waals surface area contributed by atoms with E-state index in [1.165, 1.54) is 37.1 Å². The summed E-state index contributed by atoms with van der Waals surface area (Å²) in [6.45, 7) is 2.86. The molecule has 168 valence electrons. The van der Waals surface area contributed by atoms with Gasteiger partial charge in [0, 0.05) is 44.9 Å². The molecular weight excluding hydrogens is 424 g/mol. The third kappa shape index (κ3) is 4.53. The van der Waals surface area contributed by atoms with E-state index in [9.17, 15) is 9.59 Å². The van der Waals surface area contributed by atoms with E-state index in [0.717, 1.165) is 23.7 Å².